The Labute approximate surface area is 190 Å². The topological polar surface area (TPSA) is 144 Å². The van der Waals surface area contributed by atoms with Crippen molar-refractivity contribution in [3.8, 4) is 0 Å². The quantitative estimate of drug-likeness (QED) is 0.429. The largest absolute Gasteiger partial charge is 0.468 e. The van der Waals surface area contributed by atoms with Gasteiger partial charge in [0.25, 0.3) is 5.91 Å². The molecule has 0 saturated carbocycles. The van der Waals surface area contributed by atoms with Crippen LogP contribution in [-0.2, 0) is 26.1 Å². The lowest BCUT2D eigenvalue weighted by molar-refractivity contribution is -0.127. The second-order valence-corrected chi connectivity index (χ2v) is 8.56. The number of carbonyl (C=O) groups is 3. The fourth-order valence-electron chi connectivity index (χ4n) is 2.63. The smallest absolute Gasteiger partial charge is 0.338 e. The Morgan fingerprint density at radius 1 is 1.00 bits per heavy atom. The molecule has 1 heterocycles. The number of para-hydroxylation sites is 1. The van der Waals surface area contributed by atoms with E-state index < -0.39 is 34.0 Å². The average molecular weight is 471 g/mol. The second-order valence-electron chi connectivity index (χ2n) is 6.79. The van der Waals surface area contributed by atoms with Gasteiger partial charge in [0.05, 0.1) is 23.3 Å². The Bertz CT molecular complexity index is 1230. The second kappa shape index (κ2) is 10.6. The highest BCUT2D eigenvalue weighted by Gasteiger charge is 2.22. The van der Waals surface area contributed by atoms with Gasteiger partial charge in [0.15, 0.2) is 6.10 Å². The van der Waals surface area contributed by atoms with Gasteiger partial charge in [-0.3, -0.25) is 10.1 Å². The summed E-state index contributed by atoms with van der Waals surface area (Å²) >= 11 is 0. The number of furan rings is 1. The van der Waals surface area contributed by atoms with Crippen LogP contribution in [0.3, 0.4) is 0 Å². The monoisotopic (exact) mass is 471 g/mol. The van der Waals surface area contributed by atoms with E-state index in [4.69, 9.17) is 9.15 Å². The number of esters is 1. The first kappa shape index (κ1) is 23.7. The number of imide groups is 1. The summed E-state index contributed by atoms with van der Waals surface area (Å²) in [5, 5.41) is 4.54. The number of hydrogen-bond donors (Lipinski definition) is 3. The maximum atomic E-state index is 12.5. The van der Waals surface area contributed by atoms with Crippen LogP contribution < -0.4 is 15.4 Å². The summed E-state index contributed by atoms with van der Waals surface area (Å²) in [4.78, 5) is 36.4. The van der Waals surface area contributed by atoms with Gasteiger partial charge in [0.1, 0.15) is 5.76 Å². The lowest BCUT2D eigenvalue weighted by Gasteiger charge is -2.14. The maximum absolute atomic E-state index is 12.5. The third-order valence-corrected chi connectivity index (χ3v) is 5.72. The highest BCUT2D eigenvalue weighted by molar-refractivity contribution is 7.89. The molecule has 0 bridgehead atoms. The van der Waals surface area contributed by atoms with Gasteiger partial charge < -0.3 is 14.5 Å². The summed E-state index contributed by atoms with van der Waals surface area (Å²) in [6, 6.07) is 16.1. The Hall–Kier alpha value is -3.96. The van der Waals surface area contributed by atoms with Crippen LogP contribution in [0.15, 0.2) is 82.3 Å². The van der Waals surface area contributed by atoms with Gasteiger partial charge >= 0.3 is 12.0 Å². The molecule has 3 N–H and O–H groups in total. The molecular weight excluding hydrogens is 450 g/mol. The fraction of sp³-hybridized carbons (Fsp3) is 0.136. The highest BCUT2D eigenvalue weighted by atomic mass is 32.2. The van der Waals surface area contributed by atoms with Crippen molar-refractivity contribution in [2.24, 2.45) is 0 Å². The van der Waals surface area contributed by atoms with E-state index in [2.05, 4.69) is 15.4 Å². The van der Waals surface area contributed by atoms with Crippen LogP contribution >= 0.6 is 0 Å². The van der Waals surface area contributed by atoms with Crippen molar-refractivity contribution in [3.63, 3.8) is 0 Å². The summed E-state index contributed by atoms with van der Waals surface area (Å²) in [6.07, 6.45) is 0.111. The van der Waals surface area contributed by atoms with Crippen molar-refractivity contribution in [3.05, 3.63) is 84.3 Å². The van der Waals surface area contributed by atoms with Crippen molar-refractivity contribution in [1.29, 1.82) is 0 Å². The predicted molar refractivity (Wildman–Crippen MR) is 118 cm³/mol. The van der Waals surface area contributed by atoms with Gasteiger partial charge in [0.2, 0.25) is 10.0 Å². The standard InChI is InChI=1S/C22H21N3O7S/c1-15(20(26)25-22(28)24-17-8-3-2-4-9-17)32-21(27)16-7-5-11-19(13-16)33(29,30)23-14-18-10-6-12-31-18/h2-13,15,23H,14H2,1H3,(H2,24,25,26,28). The van der Waals surface area contributed by atoms with E-state index in [1.165, 1.54) is 31.4 Å². The molecule has 0 aliphatic carbocycles. The number of amides is 3. The molecular formula is C22H21N3O7S. The summed E-state index contributed by atoms with van der Waals surface area (Å²) in [5.74, 6) is -1.35. The molecule has 0 aliphatic rings. The molecule has 0 radical (unpaired) electrons. The molecule has 1 unspecified atom stereocenters. The number of anilines is 1. The molecule has 172 valence electrons. The SMILES string of the molecule is CC(OC(=O)c1cccc(S(=O)(=O)NCc2ccco2)c1)C(=O)NC(=O)Nc1ccccc1. The van der Waals surface area contributed by atoms with E-state index in [1.54, 1.807) is 42.5 Å². The zero-order valence-corrected chi connectivity index (χ0v) is 18.3. The average Bonchev–Trinajstić information content (AvgIpc) is 3.32. The van der Waals surface area contributed by atoms with Crippen LogP contribution in [0.4, 0.5) is 10.5 Å². The fourth-order valence-corrected chi connectivity index (χ4v) is 3.67. The first-order valence-corrected chi connectivity index (χ1v) is 11.2. The third-order valence-electron chi connectivity index (χ3n) is 4.32. The zero-order valence-electron chi connectivity index (χ0n) is 17.5. The Kier molecular flexibility index (Phi) is 7.59. The van der Waals surface area contributed by atoms with Crippen molar-refractivity contribution in [2.45, 2.75) is 24.5 Å². The van der Waals surface area contributed by atoms with Crippen LogP contribution in [0, 0.1) is 0 Å². The minimum atomic E-state index is -3.93. The molecule has 33 heavy (non-hydrogen) atoms. The number of nitrogens with one attached hydrogen (secondary N) is 3. The number of ether oxygens (including phenoxy) is 1. The zero-order chi connectivity index (χ0) is 23.8. The molecule has 0 saturated heterocycles. The lowest BCUT2D eigenvalue weighted by Crippen LogP contribution is -2.41. The van der Waals surface area contributed by atoms with Crippen LogP contribution in [0.1, 0.15) is 23.0 Å². The Morgan fingerprint density at radius 3 is 2.45 bits per heavy atom. The molecule has 1 aromatic heterocycles. The summed E-state index contributed by atoms with van der Waals surface area (Å²) in [5.41, 5.74) is 0.399. The van der Waals surface area contributed by atoms with Gasteiger partial charge in [-0.25, -0.2) is 22.7 Å². The number of hydrogen-bond acceptors (Lipinski definition) is 7. The van der Waals surface area contributed by atoms with E-state index in [1.807, 2.05) is 0 Å². The van der Waals surface area contributed by atoms with Crippen LogP contribution in [-0.4, -0.2) is 32.4 Å². The van der Waals surface area contributed by atoms with Crippen LogP contribution in [0.5, 0.6) is 0 Å². The molecule has 2 aromatic carbocycles. The summed E-state index contributed by atoms with van der Waals surface area (Å²) < 4.78 is 37.5. The van der Waals surface area contributed by atoms with Gasteiger partial charge in [-0.15, -0.1) is 0 Å². The van der Waals surface area contributed by atoms with Crippen molar-refractivity contribution in [2.75, 3.05) is 5.32 Å². The van der Waals surface area contributed by atoms with E-state index >= 15 is 0 Å². The van der Waals surface area contributed by atoms with Crippen molar-refractivity contribution >= 4 is 33.6 Å². The number of carbonyl (C=O) groups excluding carboxylic acids is 3. The highest BCUT2D eigenvalue weighted by Crippen LogP contribution is 2.14. The number of urea groups is 1. The molecule has 0 aliphatic heterocycles. The summed E-state index contributed by atoms with van der Waals surface area (Å²) in [6.45, 7) is 1.22. The van der Waals surface area contributed by atoms with Crippen molar-refractivity contribution < 1.29 is 32.0 Å². The first-order valence-electron chi connectivity index (χ1n) is 9.74. The van der Waals surface area contributed by atoms with E-state index in [-0.39, 0.29) is 17.0 Å². The molecule has 10 nitrogen and oxygen atoms in total. The van der Waals surface area contributed by atoms with Crippen LogP contribution in [0.2, 0.25) is 0 Å². The number of rotatable bonds is 8. The van der Waals surface area contributed by atoms with Gasteiger partial charge in [0, 0.05) is 5.69 Å². The minimum Gasteiger partial charge on any atom is -0.468 e. The molecule has 11 heteroatoms. The third kappa shape index (κ3) is 6.76. The van der Waals surface area contributed by atoms with Gasteiger partial charge in [-0.2, -0.15) is 0 Å². The maximum Gasteiger partial charge on any atom is 0.338 e. The van der Waals surface area contributed by atoms with Gasteiger partial charge in [-0.1, -0.05) is 24.3 Å². The molecule has 3 amide bonds. The van der Waals surface area contributed by atoms with E-state index in [0.29, 0.717) is 11.4 Å². The molecule has 3 rings (SSSR count). The Morgan fingerprint density at radius 2 is 1.76 bits per heavy atom. The summed E-state index contributed by atoms with van der Waals surface area (Å²) in [7, 11) is -3.93. The van der Waals surface area contributed by atoms with Crippen molar-refractivity contribution in [1.82, 2.24) is 10.0 Å². The molecule has 1 atom stereocenters. The van der Waals surface area contributed by atoms with Gasteiger partial charge in [-0.05, 0) is 49.4 Å². The van der Waals surface area contributed by atoms with Crippen LogP contribution in [0.25, 0.3) is 0 Å². The Balaban J connectivity index is 1.58. The minimum absolute atomic E-state index is 0.0632. The van der Waals surface area contributed by atoms with E-state index in [0.717, 1.165) is 6.07 Å². The first-order chi connectivity index (χ1) is 15.7. The molecule has 0 fully saturated rings. The predicted octanol–water partition coefficient (Wildman–Crippen LogP) is 2.65. The normalized spacial score (nSPS) is 11.9. The molecule has 0 spiro atoms. The number of benzene rings is 2. The van der Waals surface area contributed by atoms with E-state index in [9.17, 15) is 22.8 Å². The number of sulfonamides is 1. The lowest BCUT2D eigenvalue weighted by atomic mass is 10.2. The molecule has 3 aromatic rings.